The number of carbonyl (C=O) groups is 1. The number of likely N-dealkylation sites (N-methyl/N-ethyl adjacent to an activating group) is 1. The number of pyridine rings is 1. The Balaban J connectivity index is 1.60. The van der Waals surface area contributed by atoms with E-state index in [0.717, 1.165) is 11.3 Å². The highest BCUT2D eigenvalue weighted by molar-refractivity contribution is 5.94. The Kier molecular flexibility index (Phi) is 5.09. The van der Waals surface area contributed by atoms with E-state index in [-0.39, 0.29) is 5.91 Å². The molecule has 0 spiro atoms. The number of aromatic nitrogens is 3. The SMILES string of the molecule is Cc1cccc(OCCN(C)C(=O)c2ccnc(-n3ccnc3)c2)c1. The van der Waals surface area contributed by atoms with Crippen LogP contribution in [0.25, 0.3) is 5.82 Å². The molecule has 3 aromatic rings. The normalized spacial score (nSPS) is 10.5. The van der Waals surface area contributed by atoms with E-state index in [0.29, 0.717) is 24.5 Å². The van der Waals surface area contributed by atoms with Crippen LogP contribution in [0.3, 0.4) is 0 Å². The maximum Gasteiger partial charge on any atom is 0.253 e. The third-order valence-corrected chi connectivity index (χ3v) is 3.79. The summed E-state index contributed by atoms with van der Waals surface area (Å²) >= 11 is 0. The van der Waals surface area contributed by atoms with Gasteiger partial charge in [0.1, 0.15) is 24.5 Å². The van der Waals surface area contributed by atoms with Crippen molar-refractivity contribution in [1.29, 1.82) is 0 Å². The smallest absolute Gasteiger partial charge is 0.253 e. The van der Waals surface area contributed by atoms with Gasteiger partial charge in [-0.25, -0.2) is 9.97 Å². The van der Waals surface area contributed by atoms with Crippen LogP contribution < -0.4 is 4.74 Å². The Morgan fingerprint density at radius 1 is 1.24 bits per heavy atom. The number of carbonyl (C=O) groups excluding carboxylic acids is 1. The number of hydrogen-bond donors (Lipinski definition) is 0. The fourth-order valence-electron chi connectivity index (χ4n) is 2.41. The second-order valence-corrected chi connectivity index (χ2v) is 5.76. The molecule has 0 atom stereocenters. The maximum absolute atomic E-state index is 12.6. The number of ether oxygens (including phenoxy) is 1. The first kappa shape index (κ1) is 16.7. The van der Waals surface area contributed by atoms with Gasteiger partial charge in [0.05, 0.1) is 6.54 Å². The molecule has 0 saturated carbocycles. The first-order valence-electron chi connectivity index (χ1n) is 8.03. The van der Waals surface area contributed by atoms with Crippen LogP contribution in [0.4, 0.5) is 0 Å². The molecule has 3 rings (SSSR count). The molecule has 25 heavy (non-hydrogen) atoms. The van der Waals surface area contributed by atoms with Crippen LogP contribution in [0.5, 0.6) is 5.75 Å². The van der Waals surface area contributed by atoms with E-state index in [1.807, 2.05) is 31.2 Å². The average molecular weight is 336 g/mol. The molecule has 1 aromatic carbocycles. The van der Waals surface area contributed by atoms with Gasteiger partial charge in [-0.1, -0.05) is 12.1 Å². The third kappa shape index (κ3) is 4.23. The van der Waals surface area contributed by atoms with Gasteiger partial charge >= 0.3 is 0 Å². The Morgan fingerprint density at radius 3 is 2.88 bits per heavy atom. The standard InChI is InChI=1S/C19H20N4O2/c1-15-4-3-5-17(12-15)25-11-10-22(2)19(24)16-6-7-21-18(13-16)23-9-8-20-14-23/h3-9,12-14H,10-11H2,1-2H3. The predicted octanol–water partition coefficient (Wildman–Crippen LogP) is 2.73. The highest BCUT2D eigenvalue weighted by Crippen LogP contribution is 2.13. The number of rotatable bonds is 6. The first-order valence-corrected chi connectivity index (χ1v) is 8.03. The van der Waals surface area contributed by atoms with Crippen LogP contribution >= 0.6 is 0 Å². The molecule has 0 aliphatic heterocycles. The zero-order valence-corrected chi connectivity index (χ0v) is 14.3. The van der Waals surface area contributed by atoms with Gasteiger partial charge in [0, 0.05) is 31.2 Å². The Labute approximate surface area is 146 Å². The lowest BCUT2D eigenvalue weighted by molar-refractivity contribution is 0.0773. The lowest BCUT2D eigenvalue weighted by Gasteiger charge is -2.18. The zero-order chi connectivity index (χ0) is 17.6. The average Bonchev–Trinajstić information content (AvgIpc) is 3.16. The van der Waals surface area contributed by atoms with E-state index >= 15 is 0 Å². The molecule has 6 nitrogen and oxygen atoms in total. The minimum absolute atomic E-state index is 0.0726. The van der Waals surface area contributed by atoms with Crippen molar-refractivity contribution < 1.29 is 9.53 Å². The van der Waals surface area contributed by atoms with Crippen molar-refractivity contribution in [1.82, 2.24) is 19.4 Å². The van der Waals surface area contributed by atoms with Crippen LogP contribution in [0.15, 0.2) is 61.3 Å². The molecular weight excluding hydrogens is 316 g/mol. The maximum atomic E-state index is 12.6. The van der Waals surface area contributed by atoms with Crippen molar-refractivity contribution in [3.63, 3.8) is 0 Å². The molecule has 0 unspecified atom stereocenters. The first-order chi connectivity index (χ1) is 12.1. The van der Waals surface area contributed by atoms with Crippen LogP contribution in [0, 0.1) is 6.92 Å². The second-order valence-electron chi connectivity index (χ2n) is 5.76. The molecule has 0 aliphatic rings. The number of nitrogens with zero attached hydrogens (tertiary/aromatic N) is 4. The van der Waals surface area contributed by atoms with E-state index in [9.17, 15) is 4.79 Å². The molecule has 1 amide bonds. The fourth-order valence-corrected chi connectivity index (χ4v) is 2.41. The van der Waals surface area contributed by atoms with Crippen LogP contribution in [-0.4, -0.2) is 45.5 Å². The van der Waals surface area contributed by atoms with Gasteiger partial charge in [-0.05, 0) is 36.8 Å². The Bertz CT molecular complexity index is 846. The number of benzene rings is 1. The molecular formula is C19H20N4O2. The number of hydrogen-bond acceptors (Lipinski definition) is 4. The lowest BCUT2D eigenvalue weighted by atomic mass is 10.2. The second kappa shape index (κ2) is 7.61. The summed E-state index contributed by atoms with van der Waals surface area (Å²) in [5.41, 5.74) is 1.72. The largest absolute Gasteiger partial charge is 0.492 e. The van der Waals surface area contributed by atoms with Crippen molar-refractivity contribution in [3.05, 3.63) is 72.4 Å². The van der Waals surface area contributed by atoms with Gasteiger partial charge in [-0.3, -0.25) is 9.36 Å². The van der Waals surface area contributed by atoms with Crippen molar-refractivity contribution in [2.45, 2.75) is 6.92 Å². The van der Waals surface area contributed by atoms with E-state index in [1.165, 1.54) is 0 Å². The molecule has 0 aliphatic carbocycles. The van der Waals surface area contributed by atoms with Crippen molar-refractivity contribution in [2.75, 3.05) is 20.2 Å². The lowest BCUT2D eigenvalue weighted by Crippen LogP contribution is -2.31. The van der Waals surface area contributed by atoms with Gasteiger partial charge in [-0.2, -0.15) is 0 Å². The highest BCUT2D eigenvalue weighted by Gasteiger charge is 2.13. The van der Waals surface area contributed by atoms with E-state index in [2.05, 4.69) is 9.97 Å². The predicted molar refractivity (Wildman–Crippen MR) is 95.0 cm³/mol. The van der Waals surface area contributed by atoms with E-state index in [1.54, 1.807) is 53.6 Å². The molecule has 0 bridgehead atoms. The van der Waals surface area contributed by atoms with Gasteiger partial charge in [0.25, 0.3) is 5.91 Å². The third-order valence-electron chi connectivity index (χ3n) is 3.79. The molecule has 6 heteroatoms. The minimum atomic E-state index is -0.0726. The number of amides is 1. The number of imidazole rings is 1. The van der Waals surface area contributed by atoms with Gasteiger partial charge in [0.2, 0.25) is 0 Å². The quantitative estimate of drug-likeness (QED) is 0.694. The Morgan fingerprint density at radius 2 is 2.12 bits per heavy atom. The van der Waals surface area contributed by atoms with Crippen molar-refractivity contribution >= 4 is 5.91 Å². The van der Waals surface area contributed by atoms with Gasteiger partial charge in [0.15, 0.2) is 0 Å². The summed E-state index contributed by atoms with van der Waals surface area (Å²) in [6.07, 6.45) is 6.73. The number of aryl methyl sites for hydroxylation is 1. The fraction of sp³-hybridized carbons (Fsp3) is 0.211. The monoisotopic (exact) mass is 336 g/mol. The molecule has 128 valence electrons. The molecule has 2 heterocycles. The molecule has 0 N–H and O–H groups in total. The summed E-state index contributed by atoms with van der Waals surface area (Å²) in [6, 6.07) is 11.3. The molecule has 0 saturated heterocycles. The van der Waals surface area contributed by atoms with Gasteiger partial charge in [-0.15, -0.1) is 0 Å². The summed E-state index contributed by atoms with van der Waals surface area (Å²) in [5, 5.41) is 0. The highest BCUT2D eigenvalue weighted by atomic mass is 16.5. The summed E-state index contributed by atoms with van der Waals surface area (Å²) in [7, 11) is 1.76. The van der Waals surface area contributed by atoms with E-state index < -0.39 is 0 Å². The Hall–Kier alpha value is -3.15. The molecule has 0 fully saturated rings. The van der Waals surface area contributed by atoms with Crippen molar-refractivity contribution in [2.24, 2.45) is 0 Å². The van der Waals surface area contributed by atoms with E-state index in [4.69, 9.17) is 4.74 Å². The summed E-state index contributed by atoms with van der Waals surface area (Å²) in [4.78, 5) is 22.5. The summed E-state index contributed by atoms with van der Waals surface area (Å²) in [5.74, 6) is 1.40. The van der Waals surface area contributed by atoms with Crippen molar-refractivity contribution in [3.8, 4) is 11.6 Å². The summed E-state index contributed by atoms with van der Waals surface area (Å²) < 4.78 is 7.47. The minimum Gasteiger partial charge on any atom is -0.492 e. The summed E-state index contributed by atoms with van der Waals surface area (Å²) in [6.45, 7) is 2.95. The zero-order valence-electron chi connectivity index (χ0n) is 14.3. The topological polar surface area (TPSA) is 60.2 Å². The van der Waals surface area contributed by atoms with Gasteiger partial charge < -0.3 is 9.64 Å². The van der Waals surface area contributed by atoms with Crippen LogP contribution in [0.1, 0.15) is 15.9 Å². The molecule has 2 aromatic heterocycles. The van der Waals surface area contributed by atoms with Crippen LogP contribution in [0.2, 0.25) is 0 Å². The van der Waals surface area contributed by atoms with Crippen LogP contribution in [-0.2, 0) is 0 Å². The molecule has 0 radical (unpaired) electrons.